The van der Waals surface area contributed by atoms with Gasteiger partial charge in [-0.25, -0.2) is 0 Å². The Morgan fingerprint density at radius 1 is 1.41 bits per heavy atom. The number of amides is 1. The summed E-state index contributed by atoms with van der Waals surface area (Å²) in [6, 6.07) is 0. The van der Waals surface area contributed by atoms with Crippen LogP contribution in [0.25, 0.3) is 0 Å². The van der Waals surface area contributed by atoms with Gasteiger partial charge in [0.25, 0.3) is 0 Å². The van der Waals surface area contributed by atoms with Crippen LogP contribution in [0.1, 0.15) is 26.7 Å². The maximum atomic E-state index is 11.5. The molecule has 2 unspecified atom stereocenters. The minimum absolute atomic E-state index is 0.0627. The predicted octanol–water partition coefficient (Wildman–Crippen LogP) is 0.563. The van der Waals surface area contributed by atoms with E-state index < -0.39 is 5.60 Å². The summed E-state index contributed by atoms with van der Waals surface area (Å²) in [6.07, 6.45) is 0.908. The van der Waals surface area contributed by atoms with Crippen molar-refractivity contribution in [3.63, 3.8) is 0 Å². The molecule has 1 amide bonds. The molecule has 0 aliphatic carbocycles. The molecule has 0 rings (SSSR count). The van der Waals surface area contributed by atoms with E-state index in [1.54, 1.807) is 21.1 Å². The fourth-order valence-electron chi connectivity index (χ4n) is 1.43. The summed E-state index contributed by atoms with van der Waals surface area (Å²) in [5.74, 6) is 0.121. The molecule has 0 aromatic rings. The molecule has 5 nitrogen and oxygen atoms in total. The highest BCUT2D eigenvalue weighted by Gasteiger charge is 2.21. The number of hydrogen-bond acceptors (Lipinski definition) is 4. The lowest BCUT2D eigenvalue weighted by molar-refractivity contribution is -0.123. The molecule has 0 aliphatic rings. The van der Waals surface area contributed by atoms with Gasteiger partial charge in [-0.2, -0.15) is 0 Å². The van der Waals surface area contributed by atoms with Crippen LogP contribution in [-0.4, -0.2) is 50.6 Å². The third-order valence-corrected chi connectivity index (χ3v) is 2.50. The highest BCUT2D eigenvalue weighted by molar-refractivity contribution is 5.76. The monoisotopic (exact) mass is 247 g/mol. The largest absolute Gasteiger partial charge is 0.388 e. The molecule has 0 fully saturated rings. The van der Waals surface area contributed by atoms with Crippen molar-refractivity contribution in [2.45, 2.75) is 32.3 Å². The zero-order chi connectivity index (χ0) is 13.3. The van der Waals surface area contributed by atoms with Crippen molar-refractivity contribution in [1.29, 1.82) is 0 Å². The van der Waals surface area contributed by atoms with E-state index in [9.17, 15) is 9.90 Å². The van der Waals surface area contributed by atoms with Gasteiger partial charge >= 0.3 is 0 Å². The molecule has 0 aromatic carbocycles. The number of carbonyl (C=O) groups excluding carboxylic acids is 1. The maximum Gasteiger partial charge on any atom is 0.220 e. The normalized spacial score (nSPS) is 16.3. The molecule has 5 heteroatoms. The first-order valence-electron chi connectivity index (χ1n) is 5.88. The van der Waals surface area contributed by atoms with Gasteiger partial charge in [0.15, 0.2) is 0 Å². The average molecular weight is 247 g/mol. The van der Waals surface area contributed by atoms with Crippen molar-refractivity contribution in [3.05, 3.63) is 0 Å². The molecule has 0 saturated carbocycles. The van der Waals surface area contributed by atoms with Crippen molar-refractivity contribution < 1.29 is 19.4 Å². The average Bonchev–Trinajstić information content (AvgIpc) is 2.24. The Kier molecular flexibility index (Phi) is 8.12. The standard InChI is InChI=1S/C12H25NO4/c1-10(8-17-4)7-11(14)13-9-12(2,15)5-6-16-3/h10,15H,5-9H2,1-4H3,(H,13,14). The zero-order valence-corrected chi connectivity index (χ0v) is 11.3. The smallest absolute Gasteiger partial charge is 0.220 e. The molecule has 0 heterocycles. The molecule has 17 heavy (non-hydrogen) atoms. The van der Waals surface area contributed by atoms with Crippen LogP contribution in [0.4, 0.5) is 0 Å². The lowest BCUT2D eigenvalue weighted by Crippen LogP contribution is -2.41. The van der Waals surface area contributed by atoms with Gasteiger partial charge in [0.2, 0.25) is 5.91 Å². The van der Waals surface area contributed by atoms with E-state index in [4.69, 9.17) is 9.47 Å². The second kappa shape index (κ2) is 8.44. The molecule has 0 aliphatic heterocycles. The van der Waals surface area contributed by atoms with Gasteiger partial charge in [-0.3, -0.25) is 4.79 Å². The second-order valence-electron chi connectivity index (χ2n) is 4.78. The first-order valence-corrected chi connectivity index (χ1v) is 5.88. The Morgan fingerprint density at radius 3 is 2.59 bits per heavy atom. The van der Waals surface area contributed by atoms with Crippen molar-refractivity contribution in [2.75, 3.05) is 34.0 Å². The molecule has 0 spiro atoms. The number of carbonyl (C=O) groups is 1. The first-order chi connectivity index (χ1) is 7.91. The molecule has 0 bridgehead atoms. The summed E-state index contributed by atoms with van der Waals surface area (Å²) in [5.41, 5.74) is -0.920. The highest BCUT2D eigenvalue weighted by atomic mass is 16.5. The van der Waals surface area contributed by atoms with E-state index in [-0.39, 0.29) is 18.4 Å². The van der Waals surface area contributed by atoms with Crippen LogP contribution in [0.2, 0.25) is 0 Å². The summed E-state index contributed by atoms with van der Waals surface area (Å²) in [7, 11) is 3.20. The zero-order valence-electron chi connectivity index (χ0n) is 11.3. The van der Waals surface area contributed by atoms with Crippen molar-refractivity contribution in [1.82, 2.24) is 5.32 Å². The number of rotatable bonds is 9. The summed E-state index contributed by atoms with van der Waals surface area (Å²) in [4.78, 5) is 11.5. The van der Waals surface area contributed by atoms with E-state index in [1.807, 2.05) is 6.92 Å². The van der Waals surface area contributed by atoms with E-state index in [1.165, 1.54) is 0 Å². The molecule has 102 valence electrons. The van der Waals surface area contributed by atoms with Gasteiger partial charge < -0.3 is 19.9 Å². The lowest BCUT2D eigenvalue weighted by atomic mass is 10.0. The third-order valence-electron chi connectivity index (χ3n) is 2.50. The Balaban J connectivity index is 3.82. The van der Waals surface area contributed by atoms with Crippen LogP contribution >= 0.6 is 0 Å². The topological polar surface area (TPSA) is 67.8 Å². The molecular weight excluding hydrogens is 222 g/mol. The van der Waals surface area contributed by atoms with Crippen LogP contribution in [0.15, 0.2) is 0 Å². The maximum absolute atomic E-state index is 11.5. The van der Waals surface area contributed by atoms with Crippen molar-refractivity contribution >= 4 is 5.91 Å². The number of ether oxygens (including phenoxy) is 2. The van der Waals surface area contributed by atoms with Gasteiger partial charge in [0, 0.05) is 46.8 Å². The fraction of sp³-hybridized carbons (Fsp3) is 0.917. The summed E-state index contributed by atoms with van der Waals surface area (Å²) < 4.78 is 9.85. The molecular formula is C12H25NO4. The summed E-state index contributed by atoms with van der Waals surface area (Å²) in [5, 5.41) is 12.6. The number of nitrogens with one attached hydrogen (secondary N) is 1. The minimum atomic E-state index is -0.920. The lowest BCUT2D eigenvalue weighted by Gasteiger charge is -2.23. The highest BCUT2D eigenvalue weighted by Crippen LogP contribution is 2.08. The van der Waals surface area contributed by atoms with E-state index in [0.717, 1.165) is 0 Å². The Morgan fingerprint density at radius 2 is 2.06 bits per heavy atom. The van der Waals surface area contributed by atoms with Gasteiger partial charge in [-0.05, 0) is 12.8 Å². The Bertz CT molecular complexity index is 219. The van der Waals surface area contributed by atoms with Crippen LogP contribution < -0.4 is 5.32 Å². The SMILES string of the molecule is COCCC(C)(O)CNC(=O)CC(C)COC. The van der Waals surface area contributed by atoms with Gasteiger partial charge in [0.05, 0.1) is 5.60 Å². The van der Waals surface area contributed by atoms with Gasteiger partial charge in [-0.1, -0.05) is 6.92 Å². The molecule has 0 saturated heterocycles. The summed E-state index contributed by atoms with van der Waals surface area (Å²) >= 11 is 0. The Labute approximate surface area is 103 Å². The molecule has 2 atom stereocenters. The number of hydrogen-bond donors (Lipinski definition) is 2. The minimum Gasteiger partial charge on any atom is -0.388 e. The van der Waals surface area contributed by atoms with Crippen molar-refractivity contribution in [3.8, 4) is 0 Å². The van der Waals surface area contributed by atoms with Crippen LogP contribution in [-0.2, 0) is 14.3 Å². The molecule has 0 aromatic heterocycles. The van der Waals surface area contributed by atoms with Crippen LogP contribution in [0, 0.1) is 5.92 Å². The van der Waals surface area contributed by atoms with E-state index in [2.05, 4.69) is 5.32 Å². The van der Waals surface area contributed by atoms with Gasteiger partial charge in [-0.15, -0.1) is 0 Å². The Hall–Kier alpha value is -0.650. The van der Waals surface area contributed by atoms with Crippen LogP contribution in [0.5, 0.6) is 0 Å². The first kappa shape index (κ1) is 16.4. The van der Waals surface area contributed by atoms with Gasteiger partial charge in [0.1, 0.15) is 0 Å². The van der Waals surface area contributed by atoms with Crippen molar-refractivity contribution in [2.24, 2.45) is 5.92 Å². The predicted molar refractivity (Wildman–Crippen MR) is 65.8 cm³/mol. The molecule has 2 N–H and O–H groups in total. The second-order valence-corrected chi connectivity index (χ2v) is 4.78. The van der Waals surface area contributed by atoms with E-state index >= 15 is 0 Å². The number of methoxy groups -OCH3 is 2. The third kappa shape index (κ3) is 9.09. The summed E-state index contributed by atoms with van der Waals surface area (Å²) in [6.45, 7) is 4.92. The quantitative estimate of drug-likeness (QED) is 0.625. The molecule has 0 radical (unpaired) electrons. The van der Waals surface area contributed by atoms with Crippen LogP contribution in [0.3, 0.4) is 0 Å². The van der Waals surface area contributed by atoms with E-state index in [0.29, 0.717) is 26.1 Å². The number of aliphatic hydroxyl groups is 1. The fourth-order valence-corrected chi connectivity index (χ4v) is 1.43.